The van der Waals surface area contributed by atoms with E-state index in [9.17, 15) is 4.79 Å². The number of amides is 1. The number of piperidine rings is 1. The van der Waals surface area contributed by atoms with E-state index in [2.05, 4.69) is 35.7 Å². The maximum atomic E-state index is 11.7. The topological polar surface area (TPSA) is 98.8 Å². The quantitative estimate of drug-likeness (QED) is 0.754. The highest BCUT2D eigenvalue weighted by Crippen LogP contribution is 2.28. The first-order chi connectivity index (χ1) is 10.2. The Bertz CT molecular complexity index is 645. The number of hydrogen-bond acceptors (Lipinski definition) is 6. The van der Waals surface area contributed by atoms with Crippen molar-refractivity contribution in [1.82, 2.24) is 25.5 Å². The molecule has 3 heterocycles. The Labute approximate surface area is 122 Å². The fraction of sp³-hybridized carbons (Fsp3) is 0.538. The minimum absolute atomic E-state index is 0.0942. The zero-order valence-corrected chi connectivity index (χ0v) is 12.2. The van der Waals surface area contributed by atoms with Gasteiger partial charge in [-0.25, -0.2) is 0 Å². The van der Waals surface area contributed by atoms with Crippen LogP contribution in [0.25, 0.3) is 11.0 Å². The first kappa shape index (κ1) is 13.6. The number of carbonyl (C=O) groups excluding carboxylic acids is 1. The van der Waals surface area contributed by atoms with Gasteiger partial charge in [0.1, 0.15) is 5.82 Å². The third-order valence-corrected chi connectivity index (χ3v) is 3.92. The van der Waals surface area contributed by atoms with Gasteiger partial charge in [0, 0.05) is 33.1 Å². The molecule has 0 spiro atoms. The molecule has 3 N–H and O–H groups in total. The normalized spacial score (nSPS) is 16.2. The van der Waals surface area contributed by atoms with Crippen LogP contribution in [-0.2, 0) is 4.79 Å². The van der Waals surface area contributed by atoms with E-state index in [0.29, 0.717) is 5.95 Å². The molecule has 1 fully saturated rings. The number of anilines is 2. The van der Waals surface area contributed by atoms with Crippen LogP contribution in [0, 0.1) is 5.92 Å². The summed E-state index contributed by atoms with van der Waals surface area (Å²) in [5, 5.41) is 13.5. The average molecular weight is 289 g/mol. The third kappa shape index (κ3) is 2.48. The summed E-state index contributed by atoms with van der Waals surface area (Å²) in [6.45, 7) is 1.61. The van der Waals surface area contributed by atoms with Crippen molar-refractivity contribution >= 4 is 28.7 Å². The SMILES string of the molecule is CNC(=O)C1CCN(c2nc(NC)nc3[nH]ncc23)CC1. The van der Waals surface area contributed by atoms with Crippen molar-refractivity contribution in [3.05, 3.63) is 6.20 Å². The minimum atomic E-state index is 0.0942. The van der Waals surface area contributed by atoms with Crippen LogP contribution < -0.4 is 15.5 Å². The van der Waals surface area contributed by atoms with Crippen LogP contribution in [0.1, 0.15) is 12.8 Å². The molecule has 0 unspecified atom stereocenters. The van der Waals surface area contributed by atoms with Crippen molar-refractivity contribution in [2.45, 2.75) is 12.8 Å². The highest BCUT2D eigenvalue weighted by atomic mass is 16.1. The Kier molecular flexibility index (Phi) is 3.59. The van der Waals surface area contributed by atoms with E-state index in [-0.39, 0.29) is 11.8 Å². The Morgan fingerprint density at radius 2 is 2.10 bits per heavy atom. The Hall–Kier alpha value is -2.38. The van der Waals surface area contributed by atoms with Crippen LogP contribution in [-0.4, -0.2) is 53.3 Å². The summed E-state index contributed by atoms with van der Waals surface area (Å²) in [4.78, 5) is 22.8. The first-order valence-electron chi connectivity index (χ1n) is 7.08. The predicted octanol–water partition coefficient (Wildman–Crippen LogP) is 0.357. The van der Waals surface area contributed by atoms with E-state index in [0.717, 1.165) is 42.8 Å². The Morgan fingerprint density at radius 1 is 1.33 bits per heavy atom. The van der Waals surface area contributed by atoms with Crippen LogP contribution in [0.5, 0.6) is 0 Å². The van der Waals surface area contributed by atoms with Crippen LogP contribution in [0.2, 0.25) is 0 Å². The number of aromatic nitrogens is 4. The summed E-state index contributed by atoms with van der Waals surface area (Å²) >= 11 is 0. The number of carbonyl (C=O) groups is 1. The summed E-state index contributed by atoms with van der Waals surface area (Å²) in [6.07, 6.45) is 3.41. The van der Waals surface area contributed by atoms with Crippen LogP contribution >= 0.6 is 0 Å². The second kappa shape index (κ2) is 5.55. The van der Waals surface area contributed by atoms with E-state index in [1.165, 1.54) is 0 Å². The van der Waals surface area contributed by atoms with Gasteiger partial charge < -0.3 is 15.5 Å². The van der Waals surface area contributed by atoms with E-state index in [1.807, 2.05) is 0 Å². The van der Waals surface area contributed by atoms with Crippen molar-refractivity contribution in [2.24, 2.45) is 5.92 Å². The lowest BCUT2D eigenvalue weighted by Crippen LogP contribution is -2.40. The molecular weight excluding hydrogens is 270 g/mol. The van der Waals surface area contributed by atoms with Crippen LogP contribution in [0.4, 0.5) is 11.8 Å². The number of fused-ring (bicyclic) bond motifs is 1. The molecule has 8 heteroatoms. The maximum absolute atomic E-state index is 11.7. The number of hydrogen-bond donors (Lipinski definition) is 3. The first-order valence-corrected chi connectivity index (χ1v) is 7.08. The summed E-state index contributed by atoms with van der Waals surface area (Å²) in [5.74, 6) is 1.65. The number of rotatable bonds is 3. The molecule has 0 aliphatic carbocycles. The molecule has 0 aromatic carbocycles. The number of H-pyrrole nitrogens is 1. The van der Waals surface area contributed by atoms with E-state index in [1.54, 1.807) is 20.3 Å². The molecule has 0 atom stereocenters. The van der Waals surface area contributed by atoms with Gasteiger partial charge in [0.15, 0.2) is 5.65 Å². The maximum Gasteiger partial charge on any atom is 0.226 e. The van der Waals surface area contributed by atoms with Gasteiger partial charge in [0.25, 0.3) is 0 Å². The molecule has 1 amide bonds. The van der Waals surface area contributed by atoms with Gasteiger partial charge in [-0.2, -0.15) is 15.1 Å². The van der Waals surface area contributed by atoms with Gasteiger partial charge in [-0.1, -0.05) is 0 Å². The fourth-order valence-corrected chi connectivity index (χ4v) is 2.73. The van der Waals surface area contributed by atoms with Gasteiger partial charge in [-0.15, -0.1) is 0 Å². The second-order valence-electron chi connectivity index (χ2n) is 5.13. The van der Waals surface area contributed by atoms with Gasteiger partial charge in [0.2, 0.25) is 11.9 Å². The number of nitrogens with one attached hydrogen (secondary N) is 3. The summed E-state index contributed by atoms with van der Waals surface area (Å²) in [7, 11) is 3.48. The molecule has 2 aromatic rings. The van der Waals surface area contributed by atoms with Gasteiger partial charge in [-0.3, -0.25) is 9.89 Å². The van der Waals surface area contributed by atoms with E-state index in [4.69, 9.17) is 0 Å². The van der Waals surface area contributed by atoms with Crippen molar-refractivity contribution in [1.29, 1.82) is 0 Å². The largest absolute Gasteiger partial charge is 0.359 e. The van der Waals surface area contributed by atoms with Crippen molar-refractivity contribution in [2.75, 3.05) is 37.4 Å². The zero-order chi connectivity index (χ0) is 14.8. The molecule has 0 bridgehead atoms. The molecule has 1 aliphatic rings. The molecule has 3 rings (SSSR count). The molecule has 0 radical (unpaired) electrons. The van der Waals surface area contributed by atoms with E-state index < -0.39 is 0 Å². The van der Waals surface area contributed by atoms with Crippen LogP contribution in [0.15, 0.2) is 6.20 Å². The fourth-order valence-electron chi connectivity index (χ4n) is 2.73. The van der Waals surface area contributed by atoms with Gasteiger partial charge in [0.05, 0.1) is 11.6 Å². The van der Waals surface area contributed by atoms with Crippen molar-refractivity contribution in [3.8, 4) is 0 Å². The molecule has 8 nitrogen and oxygen atoms in total. The number of aromatic amines is 1. The monoisotopic (exact) mass is 289 g/mol. The van der Waals surface area contributed by atoms with Crippen molar-refractivity contribution < 1.29 is 4.79 Å². The number of nitrogens with zero attached hydrogens (tertiary/aromatic N) is 4. The smallest absolute Gasteiger partial charge is 0.226 e. The molecule has 1 saturated heterocycles. The standard InChI is InChI=1S/C13H19N7O/c1-14-12(21)8-3-5-20(6-4-8)11-9-7-16-19-10(9)17-13(15-2)18-11/h7-8H,3-6H2,1-2H3,(H,14,21)(H2,15,16,17,18,19). The van der Waals surface area contributed by atoms with E-state index >= 15 is 0 Å². The highest BCUT2D eigenvalue weighted by molar-refractivity contribution is 5.87. The summed E-state index contributed by atoms with van der Waals surface area (Å²) in [6, 6.07) is 0. The van der Waals surface area contributed by atoms with Gasteiger partial charge in [-0.05, 0) is 12.8 Å². The average Bonchev–Trinajstić information content (AvgIpc) is 3.01. The Morgan fingerprint density at radius 3 is 2.76 bits per heavy atom. The Balaban J connectivity index is 1.85. The predicted molar refractivity (Wildman–Crippen MR) is 80.2 cm³/mol. The lowest BCUT2D eigenvalue weighted by Gasteiger charge is -2.32. The van der Waals surface area contributed by atoms with Crippen molar-refractivity contribution in [3.63, 3.8) is 0 Å². The molecule has 112 valence electrons. The highest BCUT2D eigenvalue weighted by Gasteiger charge is 2.26. The minimum Gasteiger partial charge on any atom is -0.359 e. The second-order valence-corrected chi connectivity index (χ2v) is 5.13. The zero-order valence-electron chi connectivity index (χ0n) is 12.2. The molecule has 1 aliphatic heterocycles. The molecule has 2 aromatic heterocycles. The van der Waals surface area contributed by atoms with Crippen LogP contribution in [0.3, 0.4) is 0 Å². The molecule has 0 saturated carbocycles. The lowest BCUT2D eigenvalue weighted by molar-refractivity contribution is -0.125. The summed E-state index contributed by atoms with van der Waals surface area (Å²) < 4.78 is 0. The summed E-state index contributed by atoms with van der Waals surface area (Å²) in [5.41, 5.74) is 0.720. The lowest BCUT2D eigenvalue weighted by atomic mass is 9.96. The molecular formula is C13H19N7O. The third-order valence-electron chi connectivity index (χ3n) is 3.92. The molecule has 21 heavy (non-hydrogen) atoms. The van der Waals surface area contributed by atoms with Gasteiger partial charge >= 0.3 is 0 Å².